The van der Waals surface area contributed by atoms with E-state index < -0.39 is 44.8 Å². The summed E-state index contributed by atoms with van der Waals surface area (Å²) in [4.78, 5) is 16.8. The highest BCUT2D eigenvalue weighted by atomic mass is 32.2. The molecule has 3 aromatic heterocycles. The van der Waals surface area contributed by atoms with Crippen LogP contribution in [0.4, 0.5) is 18.9 Å². The van der Waals surface area contributed by atoms with Crippen LogP contribution in [0.15, 0.2) is 24.4 Å². The number of ether oxygens (including phenoxy) is 2. The summed E-state index contributed by atoms with van der Waals surface area (Å²) in [7, 11) is -4.13. The minimum absolute atomic E-state index is 0.0125. The number of aromatic hydroxyl groups is 1. The highest BCUT2D eigenvalue weighted by molar-refractivity contribution is 7.89. The lowest BCUT2D eigenvalue weighted by atomic mass is 9.95. The summed E-state index contributed by atoms with van der Waals surface area (Å²) in [5.41, 5.74) is -0.255. The van der Waals surface area contributed by atoms with Crippen LogP contribution in [0.5, 0.6) is 17.5 Å². The Morgan fingerprint density at radius 1 is 1.23 bits per heavy atom. The van der Waals surface area contributed by atoms with E-state index in [1.54, 1.807) is 13.8 Å². The van der Waals surface area contributed by atoms with Crippen LogP contribution < -0.4 is 19.5 Å². The summed E-state index contributed by atoms with van der Waals surface area (Å²) in [5, 5.41) is 15.3. The van der Waals surface area contributed by atoms with Crippen LogP contribution in [0.25, 0.3) is 33.1 Å². The predicted octanol–water partition coefficient (Wildman–Crippen LogP) is 4.57. The Balaban J connectivity index is 1.47. The second kappa shape index (κ2) is 11.3. The van der Waals surface area contributed by atoms with Gasteiger partial charge in [0, 0.05) is 36.0 Å². The third-order valence-corrected chi connectivity index (χ3v) is 10.9. The number of fused-ring (bicyclic) bond motifs is 2. The van der Waals surface area contributed by atoms with Gasteiger partial charge in [-0.15, -0.1) is 0 Å². The van der Waals surface area contributed by atoms with Crippen LogP contribution in [0.1, 0.15) is 45.6 Å². The molecule has 6 heterocycles. The molecule has 0 radical (unpaired) electrons. The van der Waals surface area contributed by atoms with E-state index in [-0.39, 0.29) is 81.5 Å². The van der Waals surface area contributed by atoms with Crippen LogP contribution in [-0.2, 0) is 16.4 Å². The molecular weight excluding hydrogens is 637 g/mol. The lowest BCUT2D eigenvalue weighted by Crippen LogP contribution is -2.48. The Bertz CT molecular complexity index is 2030. The van der Waals surface area contributed by atoms with Crippen LogP contribution in [0.3, 0.4) is 0 Å². The Kier molecular flexibility index (Phi) is 7.63. The van der Waals surface area contributed by atoms with Gasteiger partial charge in [0.2, 0.25) is 21.8 Å². The molecule has 15 heteroatoms. The fraction of sp³-hybridized carbons (Fsp3) is 0.469. The number of phenols is 1. The number of hydrogen-bond acceptors (Lipinski definition) is 10. The van der Waals surface area contributed by atoms with Crippen molar-refractivity contribution in [3.05, 3.63) is 41.6 Å². The van der Waals surface area contributed by atoms with Gasteiger partial charge in [-0.25, -0.2) is 36.7 Å². The normalized spacial score (nSPS) is 23.6. The average Bonchev–Trinajstić information content (AvgIpc) is 3.50. The second-order valence-corrected chi connectivity index (χ2v) is 14.6. The number of hydrogen-bond donors (Lipinski definition) is 2. The molecule has 4 atom stereocenters. The number of sulfonamides is 1. The molecule has 0 unspecified atom stereocenters. The van der Waals surface area contributed by atoms with Gasteiger partial charge in [0.25, 0.3) is 0 Å². The van der Waals surface area contributed by atoms with E-state index in [2.05, 4.69) is 19.9 Å². The topological polar surface area (TPSA) is 144 Å². The fourth-order valence-corrected chi connectivity index (χ4v) is 8.17. The van der Waals surface area contributed by atoms with E-state index in [1.807, 2.05) is 0 Å². The van der Waals surface area contributed by atoms with Gasteiger partial charge in [0.05, 0.1) is 34.4 Å². The van der Waals surface area contributed by atoms with E-state index in [9.17, 15) is 22.3 Å². The molecule has 3 aliphatic rings. The summed E-state index contributed by atoms with van der Waals surface area (Å²) in [6.45, 7) is 6.00. The van der Waals surface area contributed by atoms with Crippen molar-refractivity contribution in [2.24, 2.45) is 5.14 Å². The molecule has 2 saturated heterocycles. The number of benzene rings is 1. The first kappa shape index (κ1) is 31.6. The van der Waals surface area contributed by atoms with Crippen molar-refractivity contribution in [1.82, 2.24) is 19.9 Å². The lowest BCUT2D eigenvalue weighted by molar-refractivity contribution is 0.111. The number of rotatable bonds is 7. The number of nitrogens with zero attached hydrogens (tertiary/aromatic N) is 5. The number of phenolic OH excluding ortho intramolecular Hbond substituents is 1. The highest BCUT2D eigenvalue weighted by Gasteiger charge is 2.49. The van der Waals surface area contributed by atoms with Crippen LogP contribution in [0.2, 0.25) is 0 Å². The van der Waals surface area contributed by atoms with Gasteiger partial charge >= 0.3 is 0 Å². The monoisotopic (exact) mass is 672 g/mol. The van der Waals surface area contributed by atoms with Gasteiger partial charge < -0.3 is 19.5 Å². The van der Waals surface area contributed by atoms with Gasteiger partial charge in [0.1, 0.15) is 47.5 Å². The van der Waals surface area contributed by atoms with E-state index in [1.165, 1.54) is 30.0 Å². The van der Waals surface area contributed by atoms with Gasteiger partial charge in [-0.1, -0.05) is 6.92 Å². The van der Waals surface area contributed by atoms with Gasteiger partial charge in [-0.05, 0) is 51.3 Å². The Hall–Kier alpha value is -3.95. The first-order chi connectivity index (χ1) is 22.3. The van der Waals surface area contributed by atoms with Crippen molar-refractivity contribution in [2.45, 2.75) is 69.6 Å². The van der Waals surface area contributed by atoms with E-state index >= 15 is 4.39 Å². The van der Waals surface area contributed by atoms with Gasteiger partial charge in [-0.2, -0.15) is 0 Å². The highest BCUT2D eigenvalue weighted by Crippen LogP contribution is 2.46. The standard InChI is InChI=1S/C32H35F3N6O5S/c1-4-20-22(34)12-37-23-9-19(42)8-21(26(20)23)29-28(35)30-27-24(41(17(3)47(36,43)44)16(2)14-45-31(27)39-29)10-25(38-30)46-15-32-6-5-7-40(32)13-18(33)11-32/h8-10,12,16-18,42H,4-7,11,13-15H2,1-3H3,(H2,36,43,44)/t16-,17-,18+,32-/m0/s1. The van der Waals surface area contributed by atoms with E-state index in [0.717, 1.165) is 25.6 Å². The average molecular weight is 673 g/mol. The quantitative estimate of drug-likeness (QED) is 0.287. The van der Waals surface area contributed by atoms with E-state index in [0.29, 0.717) is 13.0 Å². The second-order valence-electron chi connectivity index (χ2n) is 12.7. The molecule has 0 spiro atoms. The van der Waals surface area contributed by atoms with Gasteiger partial charge in [-0.3, -0.25) is 9.88 Å². The number of primary sulfonamides is 1. The number of halogens is 3. The van der Waals surface area contributed by atoms with Crippen molar-refractivity contribution in [2.75, 3.05) is 31.2 Å². The molecule has 3 N–H and O–H groups in total. The molecule has 0 saturated carbocycles. The largest absolute Gasteiger partial charge is 0.508 e. The van der Waals surface area contributed by atoms with Crippen LogP contribution in [-0.4, -0.2) is 82.8 Å². The molecule has 0 amide bonds. The summed E-state index contributed by atoms with van der Waals surface area (Å²) in [5.74, 6) is -1.82. The first-order valence-corrected chi connectivity index (χ1v) is 17.2. The molecule has 0 aliphatic carbocycles. The summed E-state index contributed by atoms with van der Waals surface area (Å²) in [6.07, 6.45) is 2.23. The first-order valence-electron chi connectivity index (χ1n) is 15.6. The molecule has 2 fully saturated rings. The number of pyridine rings is 3. The molecule has 250 valence electrons. The van der Waals surface area contributed by atoms with Crippen molar-refractivity contribution >= 4 is 37.5 Å². The minimum atomic E-state index is -4.13. The maximum atomic E-state index is 17.0. The molecule has 4 aromatic rings. The summed E-state index contributed by atoms with van der Waals surface area (Å²) >= 11 is 0. The molecule has 11 nitrogen and oxygen atoms in total. The summed E-state index contributed by atoms with van der Waals surface area (Å²) in [6, 6.07) is 3.56. The Morgan fingerprint density at radius 2 is 2.02 bits per heavy atom. The van der Waals surface area contributed by atoms with Crippen molar-refractivity contribution < 1.29 is 36.2 Å². The Labute approximate surface area is 269 Å². The van der Waals surface area contributed by atoms with Crippen LogP contribution in [0, 0.1) is 11.6 Å². The minimum Gasteiger partial charge on any atom is -0.508 e. The zero-order valence-corrected chi connectivity index (χ0v) is 27.0. The maximum Gasteiger partial charge on any atom is 0.230 e. The zero-order valence-electron chi connectivity index (χ0n) is 26.1. The Morgan fingerprint density at radius 3 is 2.77 bits per heavy atom. The van der Waals surface area contributed by atoms with Crippen LogP contribution >= 0.6 is 0 Å². The molecule has 3 aliphatic heterocycles. The maximum absolute atomic E-state index is 17.0. The number of aromatic nitrogens is 3. The molecule has 1 aromatic carbocycles. The lowest BCUT2D eigenvalue weighted by Gasteiger charge is -2.34. The van der Waals surface area contributed by atoms with E-state index in [4.69, 9.17) is 14.6 Å². The predicted molar refractivity (Wildman–Crippen MR) is 170 cm³/mol. The zero-order chi connectivity index (χ0) is 33.4. The van der Waals surface area contributed by atoms with Crippen molar-refractivity contribution in [1.29, 1.82) is 0 Å². The number of aryl methyl sites for hydroxylation is 1. The number of anilines is 1. The van der Waals surface area contributed by atoms with Crippen molar-refractivity contribution in [3.8, 4) is 28.8 Å². The summed E-state index contributed by atoms with van der Waals surface area (Å²) < 4.78 is 84.1. The smallest absolute Gasteiger partial charge is 0.230 e. The third kappa shape index (κ3) is 5.19. The number of alkyl halides is 1. The number of nitrogens with two attached hydrogens (primary N) is 1. The molecular formula is C32H35F3N6O5S. The van der Waals surface area contributed by atoms with Gasteiger partial charge in [0.15, 0.2) is 5.82 Å². The third-order valence-electron chi connectivity index (χ3n) is 9.77. The molecule has 7 rings (SSSR count). The molecule has 0 bridgehead atoms. The van der Waals surface area contributed by atoms with Crippen molar-refractivity contribution in [3.63, 3.8) is 0 Å². The molecule has 47 heavy (non-hydrogen) atoms. The fourth-order valence-electron chi connectivity index (χ4n) is 7.53. The SMILES string of the molecule is CCc1c(F)cnc2cc(O)cc(-c3nc4c5c(cc(OC[C@@]67CCCN6C[C@H](F)C7)nc5c3F)N([C@H](C)S(N)(=O)=O)[C@@H](C)CO4)c12.